The second kappa shape index (κ2) is 9.80. The Morgan fingerprint density at radius 1 is 1.33 bits per heavy atom. The summed E-state index contributed by atoms with van der Waals surface area (Å²) in [5.41, 5.74) is 0.490. The van der Waals surface area contributed by atoms with Gasteiger partial charge >= 0.3 is 6.61 Å². The van der Waals surface area contributed by atoms with Crippen molar-refractivity contribution in [2.75, 3.05) is 13.1 Å². The number of halogens is 3. The molecule has 0 spiro atoms. The van der Waals surface area contributed by atoms with Gasteiger partial charge in [-0.25, -0.2) is 0 Å². The van der Waals surface area contributed by atoms with Crippen molar-refractivity contribution in [3.63, 3.8) is 0 Å². The number of hydrogen-bond acceptors (Lipinski definition) is 4. The van der Waals surface area contributed by atoms with Crippen LogP contribution in [-0.2, 0) is 16.1 Å². The summed E-state index contributed by atoms with van der Waals surface area (Å²) in [5.74, 6) is 0.0271. The van der Waals surface area contributed by atoms with E-state index in [0.717, 1.165) is 4.47 Å². The topological polar surface area (TPSA) is 50.8 Å². The van der Waals surface area contributed by atoms with Gasteiger partial charge in [0.25, 0.3) is 0 Å². The van der Waals surface area contributed by atoms with Crippen molar-refractivity contribution in [3.05, 3.63) is 28.2 Å². The lowest BCUT2D eigenvalue weighted by Crippen LogP contribution is -2.56. The maximum Gasteiger partial charge on any atom is 0.387 e. The maximum absolute atomic E-state index is 12.9. The Morgan fingerprint density at radius 2 is 1.96 bits per heavy atom. The summed E-state index contributed by atoms with van der Waals surface area (Å²) < 4.78 is 36.3. The van der Waals surface area contributed by atoms with Crippen molar-refractivity contribution in [2.24, 2.45) is 5.92 Å². The number of benzene rings is 1. The van der Waals surface area contributed by atoms with Crippen LogP contribution in [-0.4, -0.2) is 48.8 Å². The van der Waals surface area contributed by atoms with Gasteiger partial charge in [-0.05, 0) is 38.0 Å². The minimum atomic E-state index is -2.92. The number of nitrogens with zero attached hydrogens (tertiary/aromatic N) is 1. The summed E-state index contributed by atoms with van der Waals surface area (Å²) in [6.45, 7) is 6.54. The number of rotatable bonds is 7. The molecule has 0 saturated carbocycles. The first-order chi connectivity index (χ1) is 12.7. The van der Waals surface area contributed by atoms with Gasteiger partial charge in [0, 0.05) is 29.7 Å². The highest BCUT2D eigenvalue weighted by Gasteiger charge is 2.34. The van der Waals surface area contributed by atoms with E-state index in [0.29, 0.717) is 18.7 Å². The summed E-state index contributed by atoms with van der Waals surface area (Å²) in [4.78, 5) is 15.0. The first kappa shape index (κ1) is 22.0. The Labute approximate surface area is 167 Å². The molecule has 5 nitrogen and oxygen atoms in total. The van der Waals surface area contributed by atoms with E-state index in [-0.39, 0.29) is 42.4 Å². The van der Waals surface area contributed by atoms with Gasteiger partial charge in [0.05, 0.1) is 18.2 Å². The number of carbonyl (C=O) groups is 1. The number of nitrogens with one attached hydrogen (secondary N) is 1. The molecule has 1 aliphatic heterocycles. The summed E-state index contributed by atoms with van der Waals surface area (Å²) in [6, 6.07) is 4.44. The predicted molar refractivity (Wildman–Crippen MR) is 103 cm³/mol. The van der Waals surface area contributed by atoms with Crippen molar-refractivity contribution < 1.29 is 23.0 Å². The van der Waals surface area contributed by atoms with Crippen molar-refractivity contribution in [1.29, 1.82) is 0 Å². The van der Waals surface area contributed by atoms with Crippen molar-refractivity contribution in [3.8, 4) is 5.75 Å². The van der Waals surface area contributed by atoms with Gasteiger partial charge in [-0.1, -0.05) is 29.8 Å². The maximum atomic E-state index is 12.9. The predicted octanol–water partition coefficient (Wildman–Crippen LogP) is 3.80. The van der Waals surface area contributed by atoms with Crippen LogP contribution < -0.4 is 10.1 Å². The van der Waals surface area contributed by atoms with Crippen molar-refractivity contribution in [2.45, 2.75) is 59.1 Å². The van der Waals surface area contributed by atoms with Gasteiger partial charge in [0.2, 0.25) is 5.91 Å². The van der Waals surface area contributed by atoms with Crippen LogP contribution in [0.25, 0.3) is 0 Å². The quantitative estimate of drug-likeness (QED) is 0.688. The highest BCUT2D eigenvalue weighted by Crippen LogP contribution is 2.25. The molecule has 27 heavy (non-hydrogen) atoms. The molecular weight excluding hydrogens is 422 g/mol. The molecule has 3 atom stereocenters. The van der Waals surface area contributed by atoms with Crippen LogP contribution in [0.1, 0.15) is 33.3 Å². The molecule has 3 unspecified atom stereocenters. The molecule has 0 bridgehead atoms. The van der Waals surface area contributed by atoms with Crippen LogP contribution in [0.15, 0.2) is 22.7 Å². The fourth-order valence-electron chi connectivity index (χ4n) is 3.52. The van der Waals surface area contributed by atoms with Gasteiger partial charge in [-0.2, -0.15) is 8.78 Å². The highest BCUT2D eigenvalue weighted by molar-refractivity contribution is 9.10. The smallest absolute Gasteiger partial charge is 0.387 e. The third-order valence-electron chi connectivity index (χ3n) is 4.43. The number of hydrogen-bond donors (Lipinski definition) is 1. The summed E-state index contributed by atoms with van der Waals surface area (Å²) in [7, 11) is 0. The largest absolute Gasteiger partial charge is 0.434 e. The minimum absolute atomic E-state index is 0.0546. The average Bonchev–Trinajstić information content (AvgIpc) is 2.53. The number of carbonyl (C=O) groups excluding carboxylic acids is 1. The second-order valence-corrected chi connectivity index (χ2v) is 8.16. The van der Waals surface area contributed by atoms with Gasteiger partial charge in [-0.3, -0.25) is 9.69 Å². The molecule has 1 amide bonds. The van der Waals surface area contributed by atoms with E-state index >= 15 is 0 Å². The molecular formula is C19H27BrF2N2O3. The standard InChI is InChI=1S/C19H27BrF2N2O3/c1-11(2)17(24-9-12(3)26-13(4)10-24)18(25)23-8-14-7-15(20)5-6-16(14)27-19(21)22/h5-7,11-13,17,19H,8-10H2,1-4H3,(H,23,25). The van der Waals surface area contributed by atoms with Gasteiger partial charge in [0.15, 0.2) is 0 Å². The zero-order valence-electron chi connectivity index (χ0n) is 16.0. The Bertz CT molecular complexity index is 635. The lowest BCUT2D eigenvalue weighted by atomic mass is 9.99. The van der Waals surface area contributed by atoms with Gasteiger partial charge in [0.1, 0.15) is 5.75 Å². The SMILES string of the molecule is CC1CN(C(C(=O)NCc2cc(Br)ccc2OC(F)F)C(C)C)CC(C)O1. The third-order valence-corrected chi connectivity index (χ3v) is 4.93. The number of ether oxygens (including phenoxy) is 2. The van der Waals surface area contributed by atoms with E-state index in [1.54, 1.807) is 12.1 Å². The molecule has 1 aromatic carbocycles. The molecule has 1 heterocycles. The molecule has 1 aliphatic rings. The van der Waals surface area contributed by atoms with Crippen molar-refractivity contribution in [1.82, 2.24) is 10.2 Å². The molecule has 0 aromatic heterocycles. The number of alkyl halides is 2. The second-order valence-electron chi connectivity index (χ2n) is 7.25. The Kier molecular flexibility index (Phi) is 8.00. The lowest BCUT2D eigenvalue weighted by molar-refractivity contribution is -0.135. The van der Waals surface area contributed by atoms with Gasteiger partial charge in [-0.15, -0.1) is 0 Å². The monoisotopic (exact) mass is 448 g/mol. The fourth-order valence-corrected chi connectivity index (χ4v) is 3.93. The van der Waals surface area contributed by atoms with E-state index in [9.17, 15) is 13.6 Å². The van der Waals surface area contributed by atoms with E-state index in [4.69, 9.17) is 4.74 Å². The molecule has 152 valence electrons. The lowest BCUT2D eigenvalue weighted by Gasteiger charge is -2.41. The summed E-state index contributed by atoms with van der Waals surface area (Å²) >= 11 is 3.32. The average molecular weight is 449 g/mol. The summed E-state index contributed by atoms with van der Waals surface area (Å²) in [5, 5.41) is 2.88. The van der Waals surface area contributed by atoms with Crippen LogP contribution in [0.2, 0.25) is 0 Å². The number of morpholine rings is 1. The molecule has 8 heteroatoms. The van der Waals surface area contributed by atoms with Crippen molar-refractivity contribution >= 4 is 21.8 Å². The molecule has 0 aliphatic carbocycles. The van der Waals surface area contributed by atoms with Crippen LogP contribution in [0, 0.1) is 5.92 Å². The number of amides is 1. The minimum Gasteiger partial charge on any atom is -0.434 e. The van der Waals surface area contributed by atoms with Crippen LogP contribution >= 0.6 is 15.9 Å². The Balaban J connectivity index is 2.09. The van der Waals surface area contributed by atoms with E-state index in [1.807, 2.05) is 27.7 Å². The molecule has 1 fully saturated rings. The molecule has 0 radical (unpaired) electrons. The fraction of sp³-hybridized carbons (Fsp3) is 0.632. The van der Waals surface area contributed by atoms with Crippen LogP contribution in [0.4, 0.5) is 8.78 Å². The zero-order chi connectivity index (χ0) is 20.1. The van der Waals surface area contributed by atoms with Crippen LogP contribution in [0.3, 0.4) is 0 Å². The first-order valence-corrected chi connectivity index (χ1v) is 9.87. The van der Waals surface area contributed by atoms with Gasteiger partial charge < -0.3 is 14.8 Å². The third kappa shape index (κ3) is 6.40. The highest BCUT2D eigenvalue weighted by atomic mass is 79.9. The molecule has 2 rings (SSSR count). The van der Waals surface area contributed by atoms with E-state index in [2.05, 4.69) is 30.9 Å². The molecule has 1 aromatic rings. The first-order valence-electron chi connectivity index (χ1n) is 9.07. The normalized spacial score (nSPS) is 22.1. The summed E-state index contributed by atoms with van der Waals surface area (Å²) in [6.07, 6.45) is 0.109. The van der Waals surface area contributed by atoms with Crippen LogP contribution in [0.5, 0.6) is 5.75 Å². The Hall–Kier alpha value is -1.25. The molecule has 1 N–H and O–H groups in total. The van der Waals surface area contributed by atoms with E-state index < -0.39 is 6.61 Å². The van der Waals surface area contributed by atoms with E-state index in [1.165, 1.54) is 6.07 Å². The Morgan fingerprint density at radius 3 is 2.52 bits per heavy atom. The molecule has 1 saturated heterocycles. The zero-order valence-corrected chi connectivity index (χ0v) is 17.6.